The van der Waals surface area contributed by atoms with Crippen molar-refractivity contribution in [1.82, 2.24) is 9.58 Å². The van der Waals surface area contributed by atoms with Crippen molar-refractivity contribution >= 4 is 11.7 Å². The van der Waals surface area contributed by atoms with Crippen molar-refractivity contribution in [2.24, 2.45) is 7.05 Å². The predicted molar refractivity (Wildman–Crippen MR) is 83.0 cm³/mol. The largest absolute Gasteiger partial charge is 0.467 e. The van der Waals surface area contributed by atoms with Gasteiger partial charge in [0.1, 0.15) is 17.9 Å². The van der Waals surface area contributed by atoms with Gasteiger partial charge in [-0.2, -0.15) is 0 Å². The standard InChI is InChI=1S/C16H22N5O/c1-18-7-4-15-20(8-9-21(15)18)11-14-10-13(12-22-14)16(17)19-5-2-3-6-19/h4,7,10,12,17H,2-3,5-6,8-9,11H2,1H3/q+1. The summed E-state index contributed by atoms with van der Waals surface area (Å²) < 4.78 is 10.1. The van der Waals surface area contributed by atoms with E-state index in [1.807, 2.05) is 6.07 Å². The summed E-state index contributed by atoms with van der Waals surface area (Å²) in [6, 6.07) is 4.16. The third-order valence-corrected chi connectivity index (χ3v) is 4.69. The third-order valence-electron chi connectivity index (χ3n) is 4.69. The summed E-state index contributed by atoms with van der Waals surface area (Å²) in [5.74, 6) is 2.76. The fourth-order valence-corrected chi connectivity index (χ4v) is 3.43. The lowest BCUT2D eigenvalue weighted by atomic mass is 10.2. The van der Waals surface area contributed by atoms with Gasteiger partial charge in [-0.1, -0.05) is 0 Å². The summed E-state index contributed by atoms with van der Waals surface area (Å²) in [6.07, 6.45) is 6.19. The number of nitrogens with zero attached hydrogens (tertiary/aromatic N) is 4. The topological polar surface area (TPSA) is 52.3 Å². The van der Waals surface area contributed by atoms with Crippen molar-refractivity contribution < 1.29 is 9.10 Å². The minimum Gasteiger partial charge on any atom is -0.467 e. The maximum atomic E-state index is 8.29. The molecular formula is C16H22N5O+. The maximum Gasteiger partial charge on any atom is 0.197 e. The first-order valence-corrected chi connectivity index (χ1v) is 7.94. The molecule has 0 atom stereocenters. The molecule has 6 heteroatoms. The molecule has 0 spiro atoms. The van der Waals surface area contributed by atoms with Crippen LogP contribution in [0.4, 0.5) is 5.82 Å². The molecule has 2 aliphatic rings. The number of aromatic nitrogens is 2. The van der Waals surface area contributed by atoms with E-state index in [2.05, 4.69) is 38.5 Å². The number of rotatable bonds is 3. The van der Waals surface area contributed by atoms with E-state index < -0.39 is 0 Å². The van der Waals surface area contributed by atoms with E-state index in [4.69, 9.17) is 9.83 Å². The second kappa shape index (κ2) is 5.19. The predicted octanol–water partition coefficient (Wildman–Crippen LogP) is 1.35. The van der Waals surface area contributed by atoms with Crippen LogP contribution in [-0.2, 0) is 20.1 Å². The van der Waals surface area contributed by atoms with Crippen LogP contribution in [0, 0.1) is 5.41 Å². The SMILES string of the molecule is C[n+]1ccc2n1CCN2Cc1cc(C(=N)N2CCCC2)co1. The number of anilines is 1. The van der Waals surface area contributed by atoms with Crippen molar-refractivity contribution in [3.63, 3.8) is 0 Å². The molecule has 0 radical (unpaired) electrons. The summed E-state index contributed by atoms with van der Waals surface area (Å²) in [5.41, 5.74) is 0.900. The van der Waals surface area contributed by atoms with E-state index in [0.29, 0.717) is 5.84 Å². The minimum absolute atomic E-state index is 0.601. The van der Waals surface area contributed by atoms with Crippen LogP contribution in [0.3, 0.4) is 0 Å². The Morgan fingerprint density at radius 1 is 1.27 bits per heavy atom. The van der Waals surface area contributed by atoms with E-state index in [-0.39, 0.29) is 0 Å². The number of hydrogen-bond acceptors (Lipinski definition) is 3. The highest BCUT2D eigenvalue weighted by Gasteiger charge is 2.26. The van der Waals surface area contributed by atoms with Crippen LogP contribution in [-0.4, -0.2) is 35.1 Å². The smallest absolute Gasteiger partial charge is 0.197 e. The molecule has 0 saturated carbocycles. The monoisotopic (exact) mass is 300 g/mol. The average Bonchev–Trinajstić information content (AvgIpc) is 3.27. The molecule has 0 unspecified atom stereocenters. The third kappa shape index (κ3) is 2.19. The Bertz CT molecular complexity index is 695. The van der Waals surface area contributed by atoms with Crippen molar-refractivity contribution in [2.45, 2.75) is 25.9 Å². The Balaban J connectivity index is 1.47. The minimum atomic E-state index is 0.601. The van der Waals surface area contributed by atoms with Gasteiger partial charge in [0, 0.05) is 19.6 Å². The molecule has 0 amide bonds. The molecule has 1 saturated heterocycles. The molecule has 116 valence electrons. The zero-order valence-electron chi connectivity index (χ0n) is 13.0. The van der Waals surface area contributed by atoms with Gasteiger partial charge in [0.2, 0.25) is 0 Å². The molecule has 0 aliphatic carbocycles. The van der Waals surface area contributed by atoms with Crippen molar-refractivity contribution in [2.75, 3.05) is 24.5 Å². The molecule has 6 nitrogen and oxygen atoms in total. The van der Waals surface area contributed by atoms with Crippen molar-refractivity contribution in [3.8, 4) is 0 Å². The lowest BCUT2D eigenvalue weighted by Crippen LogP contribution is -2.37. The lowest BCUT2D eigenvalue weighted by Gasteiger charge is -2.16. The van der Waals surface area contributed by atoms with Crippen LogP contribution >= 0.6 is 0 Å². The zero-order chi connectivity index (χ0) is 15.1. The molecule has 4 heterocycles. The van der Waals surface area contributed by atoms with Gasteiger partial charge in [0.15, 0.2) is 19.1 Å². The number of furan rings is 1. The molecule has 0 aromatic carbocycles. The van der Waals surface area contributed by atoms with Gasteiger partial charge in [-0.05, 0) is 18.9 Å². The molecule has 1 fully saturated rings. The first-order valence-electron chi connectivity index (χ1n) is 7.94. The summed E-state index contributed by atoms with van der Waals surface area (Å²) in [4.78, 5) is 4.46. The number of amidine groups is 1. The van der Waals surface area contributed by atoms with Gasteiger partial charge in [0.25, 0.3) is 0 Å². The van der Waals surface area contributed by atoms with Gasteiger partial charge < -0.3 is 14.2 Å². The molecule has 4 rings (SSSR count). The van der Waals surface area contributed by atoms with Crippen LogP contribution in [0.2, 0.25) is 0 Å². The molecule has 22 heavy (non-hydrogen) atoms. The van der Waals surface area contributed by atoms with Crippen LogP contribution in [0.5, 0.6) is 0 Å². The second-order valence-electron chi connectivity index (χ2n) is 6.14. The van der Waals surface area contributed by atoms with Crippen LogP contribution in [0.1, 0.15) is 24.2 Å². The number of nitrogens with one attached hydrogen (secondary N) is 1. The Hall–Kier alpha value is -2.24. The van der Waals surface area contributed by atoms with Crippen LogP contribution < -0.4 is 9.58 Å². The van der Waals surface area contributed by atoms with Gasteiger partial charge >= 0.3 is 0 Å². The Morgan fingerprint density at radius 2 is 2.09 bits per heavy atom. The molecule has 2 aromatic rings. The fourth-order valence-electron chi connectivity index (χ4n) is 3.43. The molecular weight excluding hydrogens is 278 g/mol. The van der Waals surface area contributed by atoms with Gasteiger partial charge in [0.05, 0.1) is 24.7 Å². The van der Waals surface area contributed by atoms with E-state index in [1.54, 1.807) is 6.26 Å². The summed E-state index contributed by atoms with van der Waals surface area (Å²) in [7, 11) is 2.06. The number of likely N-dealkylation sites (tertiary alicyclic amines) is 1. The van der Waals surface area contributed by atoms with E-state index in [1.165, 1.54) is 18.7 Å². The summed E-state index contributed by atoms with van der Waals surface area (Å²) in [6.45, 7) is 4.77. The Morgan fingerprint density at radius 3 is 2.91 bits per heavy atom. The summed E-state index contributed by atoms with van der Waals surface area (Å²) >= 11 is 0. The first kappa shape index (κ1) is 13.4. The van der Waals surface area contributed by atoms with E-state index in [0.717, 1.165) is 44.0 Å². The van der Waals surface area contributed by atoms with Gasteiger partial charge in [-0.25, -0.2) is 0 Å². The van der Waals surface area contributed by atoms with Gasteiger partial charge in [-0.3, -0.25) is 5.41 Å². The first-order chi connectivity index (χ1) is 10.7. The molecule has 0 bridgehead atoms. The van der Waals surface area contributed by atoms with Crippen LogP contribution in [0.25, 0.3) is 0 Å². The normalized spacial score (nSPS) is 17.3. The molecule has 1 N–H and O–H groups in total. The highest BCUT2D eigenvalue weighted by Crippen LogP contribution is 2.23. The number of fused-ring (bicyclic) bond motifs is 1. The average molecular weight is 300 g/mol. The fraction of sp³-hybridized carbons (Fsp3) is 0.500. The van der Waals surface area contributed by atoms with E-state index in [9.17, 15) is 0 Å². The van der Waals surface area contributed by atoms with E-state index >= 15 is 0 Å². The Labute approximate surface area is 130 Å². The van der Waals surface area contributed by atoms with Crippen molar-refractivity contribution in [3.05, 3.63) is 35.9 Å². The highest BCUT2D eigenvalue weighted by atomic mass is 16.3. The quantitative estimate of drug-likeness (QED) is 0.529. The van der Waals surface area contributed by atoms with Gasteiger partial charge in [-0.15, -0.1) is 9.36 Å². The summed E-state index contributed by atoms with van der Waals surface area (Å²) in [5, 5.41) is 8.29. The van der Waals surface area contributed by atoms with Crippen LogP contribution in [0.15, 0.2) is 29.0 Å². The second-order valence-corrected chi connectivity index (χ2v) is 6.14. The number of aryl methyl sites for hydroxylation is 1. The Kier molecular flexibility index (Phi) is 3.17. The molecule has 2 aliphatic heterocycles. The maximum absolute atomic E-state index is 8.29. The number of hydrogen-bond donors (Lipinski definition) is 1. The van der Waals surface area contributed by atoms with Crippen molar-refractivity contribution in [1.29, 1.82) is 5.41 Å². The zero-order valence-corrected chi connectivity index (χ0v) is 13.0. The molecule has 2 aromatic heterocycles. The highest BCUT2D eigenvalue weighted by molar-refractivity contribution is 5.96. The lowest BCUT2D eigenvalue weighted by molar-refractivity contribution is -0.751.